The third-order valence-electron chi connectivity index (χ3n) is 7.76. The third-order valence-corrected chi connectivity index (χ3v) is 8.07. The molecular formula is C31H24ClNO. The van der Waals surface area contributed by atoms with E-state index in [1.54, 1.807) is 0 Å². The van der Waals surface area contributed by atoms with Crippen LogP contribution in [0.3, 0.4) is 0 Å². The number of fused-ring (bicyclic) bond motifs is 8. The third kappa shape index (κ3) is 2.52. The van der Waals surface area contributed by atoms with Gasteiger partial charge in [0, 0.05) is 33.3 Å². The summed E-state index contributed by atoms with van der Waals surface area (Å²) in [5, 5.41) is 0.803. The number of hydrogen-bond donors (Lipinski definition) is 1. The maximum absolute atomic E-state index is 7.03. The van der Waals surface area contributed by atoms with E-state index in [-0.39, 0.29) is 5.92 Å². The van der Waals surface area contributed by atoms with Crippen LogP contribution < -0.4 is 10.5 Å². The molecule has 3 aromatic carbocycles. The Labute approximate surface area is 204 Å². The van der Waals surface area contributed by atoms with Gasteiger partial charge in [-0.15, -0.1) is 0 Å². The van der Waals surface area contributed by atoms with E-state index < -0.39 is 5.41 Å². The molecule has 0 bridgehead atoms. The van der Waals surface area contributed by atoms with Gasteiger partial charge in [0.15, 0.2) is 0 Å². The smallest absolute Gasteiger partial charge is 0.132 e. The van der Waals surface area contributed by atoms with E-state index in [0.717, 1.165) is 41.5 Å². The van der Waals surface area contributed by atoms with Crippen LogP contribution in [0.2, 0.25) is 5.02 Å². The van der Waals surface area contributed by atoms with E-state index in [2.05, 4.69) is 72.8 Å². The van der Waals surface area contributed by atoms with Crippen LogP contribution >= 0.6 is 11.6 Å². The molecule has 3 heteroatoms. The Morgan fingerprint density at radius 1 is 0.882 bits per heavy atom. The average Bonchev–Trinajstić information content (AvgIpc) is 3.17. The second kappa shape index (κ2) is 7.25. The number of rotatable bonds is 1. The Morgan fingerprint density at radius 3 is 2.32 bits per heavy atom. The number of nitrogens with two attached hydrogens (primary N) is 1. The van der Waals surface area contributed by atoms with Crippen LogP contribution in [0.1, 0.15) is 41.5 Å². The molecule has 0 fully saturated rings. The number of ether oxygens (including phenoxy) is 1. The zero-order valence-corrected chi connectivity index (χ0v) is 19.5. The molecule has 166 valence electrons. The lowest BCUT2D eigenvalue weighted by Gasteiger charge is -2.40. The molecule has 0 aromatic heterocycles. The summed E-state index contributed by atoms with van der Waals surface area (Å²) in [5.41, 5.74) is 15.5. The fourth-order valence-corrected chi connectivity index (χ4v) is 6.76. The Hall–Kier alpha value is -3.49. The fraction of sp³-hybridized carbons (Fsp3) is 0.161. The van der Waals surface area contributed by atoms with Gasteiger partial charge in [0.05, 0.1) is 5.41 Å². The van der Waals surface area contributed by atoms with Crippen molar-refractivity contribution >= 4 is 17.2 Å². The summed E-state index contributed by atoms with van der Waals surface area (Å²) in [6.07, 6.45) is 12.1. The minimum Gasteiger partial charge on any atom is -0.457 e. The largest absolute Gasteiger partial charge is 0.457 e. The van der Waals surface area contributed by atoms with E-state index >= 15 is 0 Å². The molecule has 1 spiro atoms. The van der Waals surface area contributed by atoms with Crippen molar-refractivity contribution in [1.82, 2.24) is 0 Å². The van der Waals surface area contributed by atoms with E-state index in [1.807, 2.05) is 18.2 Å². The highest BCUT2D eigenvalue weighted by atomic mass is 35.5. The lowest BCUT2D eigenvalue weighted by Crippen LogP contribution is -2.33. The quantitative estimate of drug-likeness (QED) is 0.403. The van der Waals surface area contributed by atoms with Crippen molar-refractivity contribution < 1.29 is 4.74 Å². The molecule has 1 heterocycles. The standard InChI is InChI=1S/C31H24ClNO/c32-26-15-7-14-25-30(26)29-21(19-8-5-9-20(33)18-19)10-6-13-24(29)31(25)22-11-1-3-16-27(22)34-28-17-4-2-12-23(28)31/h1-4,6-8,11-18,21H,5,9-10,33H2. The van der Waals surface area contributed by atoms with Crippen molar-refractivity contribution in [3.8, 4) is 11.5 Å². The average molecular weight is 462 g/mol. The number of para-hydroxylation sites is 2. The van der Waals surface area contributed by atoms with Gasteiger partial charge in [-0.3, -0.25) is 0 Å². The molecule has 1 aliphatic heterocycles. The highest BCUT2D eigenvalue weighted by Gasteiger charge is 2.53. The Kier molecular flexibility index (Phi) is 4.25. The van der Waals surface area contributed by atoms with Crippen LogP contribution in [0.5, 0.6) is 11.5 Å². The Bertz CT molecular complexity index is 1440. The minimum atomic E-state index is -0.472. The normalized spacial score (nSPS) is 21.1. The second-order valence-corrected chi connectivity index (χ2v) is 9.89. The number of hydrogen-bond acceptors (Lipinski definition) is 2. The molecule has 0 saturated carbocycles. The predicted octanol–water partition coefficient (Wildman–Crippen LogP) is 7.69. The molecule has 3 aliphatic carbocycles. The minimum absolute atomic E-state index is 0.221. The van der Waals surface area contributed by atoms with Gasteiger partial charge in [-0.05, 0) is 65.8 Å². The van der Waals surface area contributed by atoms with Gasteiger partial charge >= 0.3 is 0 Å². The summed E-state index contributed by atoms with van der Waals surface area (Å²) in [6, 6.07) is 23.2. The van der Waals surface area contributed by atoms with Gasteiger partial charge < -0.3 is 10.5 Å². The van der Waals surface area contributed by atoms with Crippen LogP contribution in [0.4, 0.5) is 0 Å². The molecule has 1 atom stereocenters. The highest BCUT2D eigenvalue weighted by molar-refractivity contribution is 6.33. The van der Waals surface area contributed by atoms with Crippen LogP contribution in [-0.4, -0.2) is 0 Å². The fourth-order valence-electron chi connectivity index (χ4n) is 6.48. The lowest BCUT2D eigenvalue weighted by atomic mass is 9.64. The first-order valence-electron chi connectivity index (χ1n) is 11.9. The van der Waals surface area contributed by atoms with Gasteiger partial charge in [0.1, 0.15) is 11.5 Å². The SMILES string of the molecule is NC1=CC(C2CC=CC3=C2c2c(Cl)cccc2C32c3ccccc3Oc3ccccc32)=CCC1. The first kappa shape index (κ1) is 19.9. The summed E-state index contributed by atoms with van der Waals surface area (Å²) in [4.78, 5) is 0. The molecule has 4 aliphatic rings. The van der Waals surface area contributed by atoms with Gasteiger partial charge in [-0.2, -0.15) is 0 Å². The summed E-state index contributed by atoms with van der Waals surface area (Å²) in [5.74, 6) is 2.02. The molecule has 3 aromatic rings. The highest BCUT2D eigenvalue weighted by Crippen LogP contribution is 2.64. The number of benzene rings is 3. The van der Waals surface area contributed by atoms with Gasteiger partial charge in [-0.1, -0.05) is 78.4 Å². The molecule has 0 radical (unpaired) electrons. The maximum atomic E-state index is 7.03. The van der Waals surface area contributed by atoms with E-state index in [1.165, 1.54) is 39.0 Å². The van der Waals surface area contributed by atoms with Crippen molar-refractivity contribution in [2.24, 2.45) is 11.7 Å². The van der Waals surface area contributed by atoms with Crippen molar-refractivity contribution in [1.29, 1.82) is 0 Å². The first-order valence-corrected chi connectivity index (χ1v) is 12.3. The van der Waals surface area contributed by atoms with Gasteiger partial charge in [0.2, 0.25) is 0 Å². The Balaban J connectivity index is 1.62. The van der Waals surface area contributed by atoms with Gasteiger partial charge in [0.25, 0.3) is 0 Å². The molecule has 34 heavy (non-hydrogen) atoms. The number of allylic oxidation sites excluding steroid dienone is 8. The van der Waals surface area contributed by atoms with E-state index in [0.29, 0.717) is 0 Å². The molecule has 2 nitrogen and oxygen atoms in total. The maximum Gasteiger partial charge on any atom is 0.132 e. The lowest BCUT2D eigenvalue weighted by molar-refractivity contribution is 0.435. The first-order chi connectivity index (χ1) is 16.7. The van der Waals surface area contributed by atoms with Gasteiger partial charge in [-0.25, -0.2) is 0 Å². The molecular weight excluding hydrogens is 438 g/mol. The molecule has 1 unspecified atom stereocenters. The number of halogens is 1. The van der Waals surface area contributed by atoms with Crippen molar-refractivity contribution in [3.05, 3.63) is 135 Å². The summed E-state index contributed by atoms with van der Waals surface area (Å²) >= 11 is 7.03. The van der Waals surface area contributed by atoms with E-state index in [9.17, 15) is 0 Å². The van der Waals surface area contributed by atoms with Crippen molar-refractivity contribution in [3.63, 3.8) is 0 Å². The van der Waals surface area contributed by atoms with Crippen molar-refractivity contribution in [2.45, 2.75) is 24.7 Å². The molecule has 7 rings (SSSR count). The summed E-state index contributed by atoms with van der Waals surface area (Å²) in [6.45, 7) is 0. The second-order valence-electron chi connectivity index (χ2n) is 9.49. The van der Waals surface area contributed by atoms with Crippen LogP contribution in [0.25, 0.3) is 5.57 Å². The molecule has 0 amide bonds. The van der Waals surface area contributed by atoms with E-state index in [4.69, 9.17) is 22.1 Å². The van der Waals surface area contributed by atoms with Crippen molar-refractivity contribution in [2.75, 3.05) is 0 Å². The van der Waals surface area contributed by atoms with Crippen LogP contribution in [-0.2, 0) is 5.41 Å². The zero-order chi connectivity index (χ0) is 22.9. The topological polar surface area (TPSA) is 35.2 Å². The predicted molar refractivity (Wildman–Crippen MR) is 138 cm³/mol. The van der Waals surface area contributed by atoms with Crippen LogP contribution in [0, 0.1) is 5.92 Å². The monoisotopic (exact) mass is 461 g/mol. The summed E-state index contributed by atoms with van der Waals surface area (Å²) in [7, 11) is 0. The molecule has 0 saturated heterocycles. The molecule has 2 N–H and O–H groups in total. The van der Waals surface area contributed by atoms with Crippen LogP contribution in [0.15, 0.2) is 108 Å². The summed E-state index contributed by atoms with van der Waals surface area (Å²) < 4.78 is 6.43. The Morgan fingerprint density at radius 2 is 1.59 bits per heavy atom. The zero-order valence-electron chi connectivity index (χ0n) is 18.7.